The van der Waals surface area contributed by atoms with Crippen LogP contribution >= 0.6 is 0 Å². The molecule has 2 radical (unpaired) electrons. The van der Waals surface area contributed by atoms with E-state index in [9.17, 15) is 0 Å². The molecule has 204 valence electrons. The second kappa shape index (κ2) is 13.7. The summed E-state index contributed by atoms with van der Waals surface area (Å²) in [6.45, 7) is 30.9. The molecule has 0 saturated heterocycles. The molecule has 37 heavy (non-hydrogen) atoms. The van der Waals surface area contributed by atoms with Crippen molar-refractivity contribution in [1.29, 1.82) is 0 Å². The molecule has 0 heterocycles. The number of rotatable bonds is 7. The molecule has 0 fully saturated rings. The van der Waals surface area contributed by atoms with Crippen molar-refractivity contribution in [3.05, 3.63) is 69.8 Å². The summed E-state index contributed by atoms with van der Waals surface area (Å²) < 4.78 is 11.3. The van der Waals surface area contributed by atoms with Gasteiger partial charge >= 0.3 is 34.6 Å². The van der Waals surface area contributed by atoms with Gasteiger partial charge in [0.2, 0.25) is 0 Å². The normalized spacial score (nSPS) is 13.7. The Hall–Kier alpha value is -0.554. The Morgan fingerprint density at radius 1 is 0.568 bits per heavy atom. The molecule has 2 nitrogen and oxygen atoms in total. The van der Waals surface area contributed by atoms with Gasteiger partial charge in [-0.3, -0.25) is 0 Å². The van der Waals surface area contributed by atoms with Gasteiger partial charge in [-0.1, -0.05) is 56.0 Å². The first-order valence-corrected chi connectivity index (χ1v) is 35.1. The molecule has 7 heteroatoms. The predicted octanol–water partition coefficient (Wildman–Crippen LogP) is 9.23. The Balaban J connectivity index is 0.00000159. The molecule has 0 N–H and O–H groups in total. The van der Waals surface area contributed by atoms with Crippen molar-refractivity contribution in [1.82, 2.24) is 0 Å². The summed E-state index contributed by atoms with van der Waals surface area (Å²) in [5.74, 6) is 0. The maximum atomic E-state index is 5.67. The zero-order valence-corrected chi connectivity index (χ0v) is 33.7. The molecule has 0 aliphatic heterocycles. The molecule has 2 rings (SSSR count). The molecule has 0 aliphatic carbocycles. The van der Waals surface area contributed by atoms with Crippen molar-refractivity contribution in [2.45, 2.75) is 101 Å². The van der Waals surface area contributed by atoms with Crippen LogP contribution in [0, 0.1) is 27.7 Å². The molecular weight excluding hydrogens is 619 g/mol. The van der Waals surface area contributed by atoms with Gasteiger partial charge in [-0.05, 0) is 100 Å². The van der Waals surface area contributed by atoms with E-state index in [-0.39, 0.29) is 0 Å². The third kappa shape index (κ3) is 11.2. The number of hydrogen-bond donors (Lipinski definition) is 0. The van der Waals surface area contributed by atoms with Crippen LogP contribution in [0.5, 0.6) is 0 Å². The Labute approximate surface area is 241 Å². The van der Waals surface area contributed by atoms with Gasteiger partial charge in [0.15, 0.2) is 24.8 Å². The topological polar surface area (TPSA) is 24.7 Å². The van der Waals surface area contributed by atoms with Crippen molar-refractivity contribution < 1.29 is 0 Å². The fourth-order valence-corrected chi connectivity index (χ4v) is 17.8. The average Bonchev–Trinajstić information content (AvgIpc) is 2.63. The molecule has 0 aliphatic rings. The molecular formula is C30H54N2Si4Sn. The summed E-state index contributed by atoms with van der Waals surface area (Å²) in [6.07, 6.45) is 0. The summed E-state index contributed by atoms with van der Waals surface area (Å²) in [4.78, 5) is 7.09. The molecule has 0 atom stereocenters. The maximum absolute atomic E-state index is 5.67. The van der Waals surface area contributed by atoms with E-state index in [2.05, 4.69) is 138 Å². The molecule has 0 bridgehead atoms. The van der Waals surface area contributed by atoms with Crippen molar-refractivity contribution in [3.63, 3.8) is 0 Å². The van der Waals surface area contributed by atoms with Gasteiger partial charge in [0.1, 0.15) is 0 Å². The van der Waals surface area contributed by atoms with E-state index in [0.717, 1.165) is 0 Å². The Kier molecular flexibility index (Phi) is 12.7. The van der Waals surface area contributed by atoms with E-state index >= 15 is 0 Å². The van der Waals surface area contributed by atoms with Crippen LogP contribution < -0.4 is 0 Å². The summed E-state index contributed by atoms with van der Waals surface area (Å²) in [7, 11) is -6.33. The number of nitrogens with zero attached hydrogens (tertiary/aromatic N) is 2. The van der Waals surface area contributed by atoms with Gasteiger partial charge in [-0.2, -0.15) is 0 Å². The summed E-state index contributed by atoms with van der Waals surface area (Å²) in [5.41, 5.74) is 8.18. The van der Waals surface area contributed by atoms with Crippen molar-refractivity contribution in [2.24, 2.45) is 9.32 Å². The number of benzene rings is 2. The molecule has 2 aromatic rings. The molecule has 2 aromatic carbocycles. The number of hydrogen-bond acceptors (Lipinski definition) is 2. The van der Waals surface area contributed by atoms with Crippen LogP contribution in [0.4, 0.5) is 0 Å². The van der Waals surface area contributed by atoms with Gasteiger partial charge in [-0.15, -0.1) is 0 Å². The van der Waals surface area contributed by atoms with E-state index in [0.29, 0.717) is 0 Å². The van der Waals surface area contributed by atoms with E-state index in [1.807, 2.05) is 0 Å². The van der Waals surface area contributed by atoms with Crippen LogP contribution in [0.15, 0.2) is 45.7 Å². The van der Waals surface area contributed by atoms with Crippen LogP contribution in [-0.2, 0) is 0 Å². The van der Waals surface area contributed by atoms with Crippen molar-refractivity contribution in [2.75, 3.05) is 0 Å². The monoisotopic (exact) mass is 674 g/mol. The first-order chi connectivity index (χ1) is 16.7. The van der Waals surface area contributed by atoms with E-state index < -0.39 is 52.1 Å². The Bertz CT molecular complexity index is 995. The first kappa shape index (κ1) is 34.5. The van der Waals surface area contributed by atoms with Crippen LogP contribution in [-0.4, -0.2) is 62.8 Å². The van der Waals surface area contributed by atoms with Crippen molar-refractivity contribution >= 4 is 62.8 Å². The van der Waals surface area contributed by atoms with Gasteiger partial charge in [0, 0.05) is 10.7 Å². The standard InChI is InChI=1S/C27H45N2Si4.3CH3.Sn/c1-20-16-14-17-21(2)24(20)26(28-31(5,6)7)30(33(11,12)13)27(29-32(8,9)10)25-22(3)18-15-19-23(25)4;;;;/h14-19H,1-13H3;3*1H3;/b28-26+,29-27+;;;;. The first-order valence-electron chi connectivity index (χ1n) is 13.6. The van der Waals surface area contributed by atoms with Crippen LogP contribution in [0.2, 0.25) is 73.7 Å². The summed E-state index contributed by atoms with van der Waals surface area (Å²) >= 11 is -0.543. The Morgan fingerprint density at radius 3 is 1.00 bits per heavy atom. The van der Waals surface area contributed by atoms with Gasteiger partial charge in [0.05, 0.1) is 7.59 Å². The zero-order chi connectivity index (χ0) is 28.9. The second-order valence-corrected chi connectivity index (χ2v) is 43.8. The third-order valence-corrected chi connectivity index (χ3v) is 16.9. The predicted molar refractivity (Wildman–Crippen MR) is 184 cm³/mol. The summed E-state index contributed by atoms with van der Waals surface area (Å²) in [6, 6.07) is 13.4. The Morgan fingerprint density at radius 2 is 0.811 bits per heavy atom. The minimum atomic E-state index is -1.73. The van der Waals surface area contributed by atoms with Gasteiger partial charge < -0.3 is 9.32 Å². The van der Waals surface area contributed by atoms with Crippen molar-refractivity contribution in [3.8, 4) is 0 Å². The van der Waals surface area contributed by atoms with E-state index in [1.165, 1.54) is 44.1 Å². The fraction of sp³-hybridized carbons (Fsp3) is 0.533. The van der Waals surface area contributed by atoms with Crippen LogP contribution in [0.3, 0.4) is 0 Å². The SMILES string of the molecule is Cc1cccc(C)c1/C(=N\[Si](C)(C)C)[Si](/C(=N/[Si](C)(C)C)c1c(C)cccc1C)[Si](C)(C)C.[CH3][Sn]([CH3])[CH3]. The molecule has 0 unspecified atom stereocenters. The zero-order valence-electron chi connectivity index (χ0n) is 26.9. The average molecular weight is 674 g/mol. The quantitative estimate of drug-likeness (QED) is 0.207. The fourth-order valence-electron chi connectivity index (χ4n) is 4.34. The van der Waals surface area contributed by atoms with E-state index in [1.54, 1.807) is 0 Å². The van der Waals surface area contributed by atoms with Gasteiger partial charge in [-0.25, -0.2) is 0 Å². The third-order valence-electron chi connectivity index (χ3n) is 5.55. The molecule has 0 saturated carbocycles. The minimum absolute atomic E-state index is 0.543. The van der Waals surface area contributed by atoms with E-state index in [4.69, 9.17) is 9.32 Å². The number of aryl methyl sites for hydroxylation is 4. The van der Waals surface area contributed by atoms with Crippen LogP contribution in [0.1, 0.15) is 33.4 Å². The molecule has 0 spiro atoms. The molecule has 0 amide bonds. The van der Waals surface area contributed by atoms with Gasteiger partial charge in [0.25, 0.3) is 0 Å². The summed E-state index contributed by atoms with van der Waals surface area (Å²) in [5, 5.41) is 2.79. The van der Waals surface area contributed by atoms with Crippen LogP contribution in [0.25, 0.3) is 0 Å². The molecule has 0 aromatic heterocycles. The second-order valence-electron chi connectivity index (χ2n) is 13.9.